The molecule has 0 aliphatic carbocycles. The first-order chi connectivity index (χ1) is 12.7. The third-order valence-corrected chi connectivity index (χ3v) is 3.44. The second-order valence-corrected chi connectivity index (χ2v) is 5.19. The van der Waals surface area contributed by atoms with E-state index in [4.69, 9.17) is 9.47 Å². The Hall–Kier alpha value is -3.42. The Morgan fingerprint density at radius 3 is 2.65 bits per heavy atom. The van der Waals surface area contributed by atoms with Crippen LogP contribution >= 0.6 is 0 Å². The van der Waals surface area contributed by atoms with Crippen LogP contribution in [0.25, 0.3) is 5.82 Å². The molecule has 3 rings (SSSR count). The standard InChI is InChI=1S/C18H19N5O3/c1-3-25-14-7-6-13(10-15(14)26-4-2)18(24)22-16-11-17(20-12-19-16)23-9-5-8-21-23/h5-12H,3-4H2,1-2H3,(H,19,20,22,24). The van der Waals surface area contributed by atoms with Gasteiger partial charge in [-0.1, -0.05) is 0 Å². The zero-order chi connectivity index (χ0) is 18.4. The quantitative estimate of drug-likeness (QED) is 0.702. The first kappa shape index (κ1) is 17.4. The summed E-state index contributed by atoms with van der Waals surface area (Å²) in [7, 11) is 0. The number of benzene rings is 1. The number of nitrogens with one attached hydrogen (secondary N) is 1. The van der Waals surface area contributed by atoms with Gasteiger partial charge in [0.2, 0.25) is 0 Å². The van der Waals surface area contributed by atoms with Gasteiger partial charge in [0.25, 0.3) is 5.91 Å². The number of ether oxygens (including phenoxy) is 2. The second-order valence-electron chi connectivity index (χ2n) is 5.19. The summed E-state index contributed by atoms with van der Waals surface area (Å²) in [5.74, 6) is 1.76. The molecule has 0 spiro atoms. The van der Waals surface area contributed by atoms with Crippen molar-refractivity contribution in [3.8, 4) is 17.3 Å². The minimum atomic E-state index is -0.306. The molecule has 0 radical (unpaired) electrons. The lowest BCUT2D eigenvalue weighted by Crippen LogP contribution is -2.14. The van der Waals surface area contributed by atoms with Crippen LogP contribution in [0.15, 0.2) is 49.1 Å². The van der Waals surface area contributed by atoms with Gasteiger partial charge in [-0.3, -0.25) is 4.79 Å². The Morgan fingerprint density at radius 2 is 1.92 bits per heavy atom. The van der Waals surface area contributed by atoms with Gasteiger partial charge in [-0.15, -0.1) is 0 Å². The van der Waals surface area contributed by atoms with Crippen molar-refractivity contribution in [2.24, 2.45) is 0 Å². The van der Waals surface area contributed by atoms with Crippen molar-refractivity contribution >= 4 is 11.7 Å². The van der Waals surface area contributed by atoms with Crippen molar-refractivity contribution < 1.29 is 14.3 Å². The number of hydrogen-bond donors (Lipinski definition) is 1. The molecule has 2 heterocycles. The molecule has 0 aliphatic rings. The molecule has 0 fully saturated rings. The normalized spacial score (nSPS) is 10.4. The van der Waals surface area contributed by atoms with Gasteiger partial charge in [-0.05, 0) is 38.1 Å². The van der Waals surface area contributed by atoms with Gasteiger partial charge < -0.3 is 14.8 Å². The van der Waals surface area contributed by atoms with E-state index in [1.54, 1.807) is 47.4 Å². The molecule has 0 aliphatic heterocycles. The molecule has 0 bridgehead atoms. The molecule has 0 unspecified atom stereocenters. The zero-order valence-electron chi connectivity index (χ0n) is 14.5. The van der Waals surface area contributed by atoms with Crippen LogP contribution in [0.1, 0.15) is 24.2 Å². The van der Waals surface area contributed by atoms with Crippen LogP contribution in [0.3, 0.4) is 0 Å². The molecule has 8 nitrogen and oxygen atoms in total. The lowest BCUT2D eigenvalue weighted by atomic mass is 10.2. The van der Waals surface area contributed by atoms with Crippen LogP contribution in [-0.2, 0) is 0 Å². The number of hydrogen-bond acceptors (Lipinski definition) is 6. The van der Waals surface area contributed by atoms with Gasteiger partial charge in [0.1, 0.15) is 12.1 Å². The highest BCUT2D eigenvalue weighted by atomic mass is 16.5. The summed E-state index contributed by atoms with van der Waals surface area (Å²) < 4.78 is 12.7. The fourth-order valence-electron chi connectivity index (χ4n) is 2.33. The second kappa shape index (κ2) is 8.11. The zero-order valence-corrected chi connectivity index (χ0v) is 14.5. The van der Waals surface area contributed by atoms with Gasteiger partial charge >= 0.3 is 0 Å². The third-order valence-electron chi connectivity index (χ3n) is 3.44. The molecule has 3 aromatic rings. The molecule has 0 atom stereocenters. The molecule has 26 heavy (non-hydrogen) atoms. The first-order valence-corrected chi connectivity index (χ1v) is 8.24. The van der Waals surface area contributed by atoms with Crippen LogP contribution in [0.2, 0.25) is 0 Å². The first-order valence-electron chi connectivity index (χ1n) is 8.24. The predicted octanol–water partition coefficient (Wildman–Crippen LogP) is 2.71. The Bertz CT molecular complexity index is 880. The maximum Gasteiger partial charge on any atom is 0.256 e. The third kappa shape index (κ3) is 3.97. The van der Waals surface area contributed by atoms with Gasteiger partial charge in [-0.2, -0.15) is 5.10 Å². The van der Waals surface area contributed by atoms with Crippen LogP contribution in [0, 0.1) is 0 Å². The van der Waals surface area contributed by atoms with Crippen molar-refractivity contribution in [2.75, 3.05) is 18.5 Å². The van der Waals surface area contributed by atoms with Crippen molar-refractivity contribution in [1.29, 1.82) is 0 Å². The highest BCUT2D eigenvalue weighted by Gasteiger charge is 2.13. The van der Waals surface area contributed by atoms with Crippen molar-refractivity contribution in [1.82, 2.24) is 19.7 Å². The molecule has 8 heteroatoms. The van der Waals surface area contributed by atoms with E-state index in [1.807, 2.05) is 13.8 Å². The number of nitrogens with zero attached hydrogens (tertiary/aromatic N) is 4. The van der Waals surface area contributed by atoms with Gasteiger partial charge in [0, 0.05) is 24.0 Å². The fourth-order valence-corrected chi connectivity index (χ4v) is 2.33. The minimum absolute atomic E-state index is 0.306. The number of aromatic nitrogens is 4. The largest absolute Gasteiger partial charge is 0.490 e. The monoisotopic (exact) mass is 353 g/mol. The van der Waals surface area contributed by atoms with Crippen LogP contribution in [-0.4, -0.2) is 38.9 Å². The lowest BCUT2D eigenvalue weighted by molar-refractivity contribution is 0.102. The Labute approximate surface area is 150 Å². The smallest absolute Gasteiger partial charge is 0.256 e. The summed E-state index contributed by atoms with van der Waals surface area (Å²) in [5, 5.41) is 6.86. The van der Waals surface area contributed by atoms with E-state index in [-0.39, 0.29) is 5.91 Å². The fraction of sp³-hybridized carbons (Fsp3) is 0.222. The summed E-state index contributed by atoms with van der Waals surface area (Å²) in [5.41, 5.74) is 0.441. The molecule has 1 N–H and O–H groups in total. The number of carbonyl (C=O) groups is 1. The molecule has 134 valence electrons. The Morgan fingerprint density at radius 1 is 1.12 bits per heavy atom. The minimum Gasteiger partial charge on any atom is -0.490 e. The predicted molar refractivity (Wildman–Crippen MR) is 95.9 cm³/mol. The van der Waals surface area contributed by atoms with Crippen LogP contribution in [0.4, 0.5) is 5.82 Å². The molecule has 0 saturated carbocycles. The highest BCUT2D eigenvalue weighted by molar-refractivity contribution is 6.04. The SMILES string of the molecule is CCOc1ccc(C(=O)Nc2cc(-n3cccn3)ncn2)cc1OCC. The maximum absolute atomic E-state index is 12.5. The Balaban J connectivity index is 1.79. The summed E-state index contributed by atoms with van der Waals surface area (Å²) in [6.07, 6.45) is 4.78. The molecule has 2 aromatic heterocycles. The van der Waals surface area contributed by atoms with E-state index in [0.717, 1.165) is 0 Å². The van der Waals surface area contributed by atoms with Gasteiger partial charge in [-0.25, -0.2) is 14.6 Å². The summed E-state index contributed by atoms with van der Waals surface area (Å²) in [4.78, 5) is 20.8. The average Bonchev–Trinajstić information content (AvgIpc) is 3.18. The van der Waals surface area contributed by atoms with E-state index in [0.29, 0.717) is 41.9 Å². The summed E-state index contributed by atoms with van der Waals surface area (Å²) in [6.45, 7) is 4.76. The van der Waals surface area contributed by atoms with Crippen molar-refractivity contribution in [3.05, 3.63) is 54.6 Å². The van der Waals surface area contributed by atoms with E-state index >= 15 is 0 Å². The molecular formula is C18H19N5O3. The molecule has 1 amide bonds. The van der Waals surface area contributed by atoms with E-state index < -0.39 is 0 Å². The number of anilines is 1. The highest BCUT2D eigenvalue weighted by Crippen LogP contribution is 2.28. The number of rotatable bonds is 7. The van der Waals surface area contributed by atoms with Crippen LogP contribution in [0.5, 0.6) is 11.5 Å². The number of amides is 1. The maximum atomic E-state index is 12.5. The Kier molecular flexibility index (Phi) is 5.43. The molecule has 0 saturated heterocycles. The van der Waals surface area contributed by atoms with E-state index in [1.165, 1.54) is 6.33 Å². The topological polar surface area (TPSA) is 91.2 Å². The van der Waals surface area contributed by atoms with E-state index in [2.05, 4.69) is 20.4 Å². The van der Waals surface area contributed by atoms with Crippen molar-refractivity contribution in [3.63, 3.8) is 0 Å². The number of carbonyl (C=O) groups excluding carboxylic acids is 1. The van der Waals surface area contributed by atoms with Gasteiger partial charge in [0.15, 0.2) is 17.3 Å². The van der Waals surface area contributed by atoms with Gasteiger partial charge in [0.05, 0.1) is 13.2 Å². The lowest BCUT2D eigenvalue weighted by Gasteiger charge is -2.12. The van der Waals surface area contributed by atoms with E-state index in [9.17, 15) is 4.79 Å². The average molecular weight is 353 g/mol. The van der Waals surface area contributed by atoms with Crippen molar-refractivity contribution in [2.45, 2.75) is 13.8 Å². The summed E-state index contributed by atoms with van der Waals surface area (Å²) >= 11 is 0. The van der Waals surface area contributed by atoms with Crippen LogP contribution < -0.4 is 14.8 Å². The molecule has 1 aromatic carbocycles. The summed E-state index contributed by atoms with van der Waals surface area (Å²) in [6, 6.07) is 8.48. The molecular weight excluding hydrogens is 334 g/mol.